The van der Waals surface area contributed by atoms with Gasteiger partial charge in [-0.2, -0.15) is 5.26 Å². The van der Waals surface area contributed by atoms with Gasteiger partial charge in [0.25, 0.3) is 0 Å². The molecular weight excluding hydrogens is 220 g/mol. The predicted octanol–water partition coefficient (Wildman–Crippen LogP) is 3.35. The minimum Gasteiger partial charge on any atom is -0.294 e. The van der Waals surface area contributed by atoms with Gasteiger partial charge in [-0.3, -0.25) is 5.32 Å². The first-order valence-electron chi connectivity index (χ1n) is 6.03. The second-order valence-corrected chi connectivity index (χ2v) is 4.29. The molecular formula is C16H16N2. The molecule has 2 aromatic carbocycles. The minimum absolute atomic E-state index is 0.258. The highest BCUT2D eigenvalue weighted by molar-refractivity contribution is 5.32. The Morgan fingerprint density at radius 2 is 1.72 bits per heavy atom. The van der Waals surface area contributed by atoms with E-state index in [0.29, 0.717) is 6.54 Å². The molecule has 0 radical (unpaired) electrons. The van der Waals surface area contributed by atoms with Crippen molar-refractivity contribution < 1.29 is 0 Å². The Morgan fingerprint density at radius 1 is 1.06 bits per heavy atom. The van der Waals surface area contributed by atoms with Crippen LogP contribution in [0.1, 0.15) is 22.7 Å². The van der Waals surface area contributed by atoms with Gasteiger partial charge in [-0.15, -0.1) is 0 Å². The van der Waals surface area contributed by atoms with Gasteiger partial charge in [-0.25, -0.2) is 0 Å². The van der Waals surface area contributed by atoms with Crippen LogP contribution in [0.25, 0.3) is 0 Å². The van der Waals surface area contributed by atoms with Gasteiger partial charge in [-0.1, -0.05) is 54.6 Å². The maximum atomic E-state index is 9.27. The number of hydrogen-bond donors (Lipinski definition) is 1. The fraction of sp³-hybridized carbons (Fsp3) is 0.188. The fourth-order valence-electron chi connectivity index (χ4n) is 1.95. The monoisotopic (exact) mass is 236 g/mol. The van der Waals surface area contributed by atoms with Crippen molar-refractivity contribution in [2.45, 2.75) is 19.5 Å². The summed E-state index contributed by atoms with van der Waals surface area (Å²) in [5.41, 5.74) is 3.38. The maximum absolute atomic E-state index is 9.27. The van der Waals surface area contributed by atoms with Crippen LogP contribution in [0.4, 0.5) is 0 Å². The summed E-state index contributed by atoms with van der Waals surface area (Å²) < 4.78 is 0. The molecule has 1 N–H and O–H groups in total. The fourth-order valence-corrected chi connectivity index (χ4v) is 1.95. The van der Waals surface area contributed by atoms with Gasteiger partial charge in [0.1, 0.15) is 6.04 Å². The Morgan fingerprint density at radius 3 is 2.39 bits per heavy atom. The van der Waals surface area contributed by atoms with Gasteiger partial charge in [0.2, 0.25) is 0 Å². The van der Waals surface area contributed by atoms with Crippen molar-refractivity contribution in [3.05, 3.63) is 71.3 Å². The molecule has 0 bridgehead atoms. The Balaban J connectivity index is 2.08. The summed E-state index contributed by atoms with van der Waals surface area (Å²) in [5, 5.41) is 12.6. The summed E-state index contributed by atoms with van der Waals surface area (Å²) in [5.74, 6) is 0. The van der Waals surface area contributed by atoms with E-state index < -0.39 is 0 Å². The average Bonchev–Trinajstić information content (AvgIpc) is 2.42. The van der Waals surface area contributed by atoms with E-state index in [4.69, 9.17) is 0 Å². The normalized spacial score (nSPS) is 11.8. The molecule has 0 heterocycles. The smallest absolute Gasteiger partial charge is 0.121 e. The molecule has 0 saturated carbocycles. The summed E-state index contributed by atoms with van der Waals surface area (Å²) in [6.45, 7) is 2.73. The highest BCUT2D eigenvalue weighted by Crippen LogP contribution is 2.17. The lowest BCUT2D eigenvalue weighted by Gasteiger charge is -2.14. The molecule has 0 aliphatic rings. The van der Waals surface area contributed by atoms with Crippen LogP contribution in [0.2, 0.25) is 0 Å². The van der Waals surface area contributed by atoms with Gasteiger partial charge in [0, 0.05) is 6.54 Å². The van der Waals surface area contributed by atoms with Crippen molar-refractivity contribution in [2.24, 2.45) is 0 Å². The summed E-state index contributed by atoms with van der Waals surface area (Å²) >= 11 is 0. The predicted molar refractivity (Wildman–Crippen MR) is 72.8 cm³/mol. The van der Waals surface area contributed by atoms with E-state index in [9.17, 15) is 5.26 Å². The largest absolute Gasteiger partial charge is 0.294 e. The Kier molecular flexibility index (Phi) is 4.11. The molecule has 0 amide bonds. The van der Waals surface area contributed by atoms with Crippen molar-refractivity contribution in [1.82, 2.24) is 5.32 Å². The van der Waals surface area contributed by atoms with Crippen LogP contribution in [0, 0.1) is 18.3 Å². The first kappa shape index (κ1) is 12.3. The van der Waals surface area contributed by atoms with E-state index >= 15 is 0 Å². The Bertz CT molecular complexity index is 541. The number of benzene rings is 2. The van der Waals surface area contributed by atoms with Crippen molar-refractivity contribution in [3.63, 3.8) is 0 Å². The van der Waals surface area contributed by atoms with Gasteiger partial charge in [0.15, 0.2) is 0 Å². The second-order valence-electron chi connectivity index (χ2n) is 4.29. The Labute approximate surface area is 108 Å². The number of rotatable bonds is 4. The molecule has 2 rings (SSSR count). The molecule has 0 aromatic heterocycles. The van der Waals surface area contributed by atoms with Crippen LogP contribution >= 0.6 is 0 Å². The van der Waals surface area contributed by atoms with E-state index in [1.165, 1.54) is 5.56 Å². The van der Waals surface area contributed by atoms with Crippen molar-refractivity contribution in [2.75, 3.05) is 0 Å². The van der Waals surface area contributed by atoms with Crippen molar-refractivity contribution in [3.8, 4) is 6.07 Å². The van der Waals surface area contributed by atoms with Crippen molar-refractivity contribution >= 4 is 0 Å². The van der Waals surface area contributed by atoms with Gasteiger partial charge in [-0.05, 0) is 23.6 Å². The average molecular weight is 236 g/mol. The van der Waals surface area contributed by atoms with Crippen LogP contribution in [0.5, 0.6) is 0 Å². The highest BCUT2D eigenvalue weighted by Gasteiger charge is 2.11. The topological polar surface area (TPSA) is 35.8 Å². The first-order chi connectivity index (χ1) is 8.81. The van der Waals surface area contributed by atoms with E-state index in [2.05, 4.69) is 23.5 Å². The third-order valence-electron chi connectivity index (χ3n) is 2.98. The molecule has 0 fully saturated rings. The number of nitrogens with zero attached hydrogens (tertiary/aromatic N) is 1. The van der Waals surface area contributed by atoms with Crippen LogP contribution in [0.3, 0.4) is 0 Å². The first-order valence-corrected chi connectivity index (χ1v) is 6.03. The number of aryl methyl sites for hydroxylation is 1. The van der Waals surface area contributed by atoms with Gasteiger partial charge < -0.3 is 0 Å². The number of hydrogen-bond acceptors (Lipinski definition) is 2. The van der Waals surface area contributed by atoms with Crippen LogP contribution in [0.15, 0.2) is 54.6 Å². The lowest BCUT2D eigenvalue weighted by Crippen LogP contribution is -2.20. The van der Waals surface area contributed by atoms with Crippen LogP contribution in [-0.4, -0.2) is 0 Å². The summed E-state index contributed by atoms with van der Waals surface area (Å²) in [6, 6.07) is 20.2. The van der Waals surface area contributed by atoms with Crippen LogP contribution in [-0.2, 0) is 6.54 Å². The SMILES string of the molecule is Cc1ccccc1[C@@H](C#N)NCc1ccccc1. The standard InChI is InChI=1S/C16H16N2/c1-13-7-5-6-10-15(13)16(11-17)18-12-14-8-3-2-4-9-14/h2-10,16,18H,12H2,1H3/t16-/m1/s1. The molecule has 0 unspecified atom stereocenters. The van der Waals surface area contributed by atoms with E-state index in [-0.39, 0.29) is 6.04 Å². The Hall–Kier alpha value is -2.11. The minimum atomic E-state index is -0.258. The zero-order chi connectivity index (χ0) is 12.8. The van der Waals surface area contributed by atoms with Gasteiger partial charge >= 0.3 is 0 Å². The zero-order valence-corrected chi connectivity index (χ0v) is 10.4. The summed E-state index contributed by atoms with van der Waals surface area (Å²) in [7, 11) is 0. The molecule has 0 spiro atoms. The molecule has 2 aromatic rings. The molecule has 18 heavy (non-hydrogen) atoms. The molecule has 1 atom stereocenters. The molecule has 90 valence electrons. The summed E-state index contributed by atoms with van der Waals surface area (Å²) in [4.78, 5) is 0. The molecule has 2 heteroatoms. The number of nitriles is 1. The van der Waals surface area contributed by atoms with E-state index in [1.54, 1.807) is 0 Å². The molecule has 0 saturated heterocycles. The highest BCUT2D eigenvalue weighted by atomic mass is 14.9. The molecule has 2 nitrogen and oxygen atoms in total. The third-order valence-corrected chi connectivity index (χ3v) is 2.98. The van der Waals surface area contributed by atoms with Crippen molar-refractivity contribution in [1.29, 1.82) is 5.26 Å². The van der Waals surface area contributed by atoms with Gasteiger partial charge in [0.05, 0.1) is 6.07 Å². The quantitative estimate of drug-likeness (QED) is 0.883. The lowest BCUT2D eigenvalue weighted by atomic mass is 10.0. The second kappa shape index (κ2) is 6.00. The molecule has 0 aliphatic heterocycles. The number of nitrogens with one attached hydrogen (secondary N) is 1. The lowest BCUT2D eigenvalue weighted by molar-refractivity contribution is 0.628. The molecule has 0 aliphatic carbocycles. The van der Waals surface area contributed by atoms with E-state index in [1.807, 2.05) is 49.4 Å². The third kappa shape index (κ3) is 2.97. The zero-order valence-electron chi connectivity index (χ0n) is 10.4. The maximum Gasteiger partial charge on any atom is 0.121 e. The van der Waals surface area contributed by atoms with Crippen LogP contribution < -0.4 is 5.32 Å². The van der Waals surface area contributed by atoms with E-state index in [0.717, 1.165) is 11.1 Å². The summed E-state index contributed by atoms with van der Waals surface area (Å²) in [6.07, 6.45) is 0.